The SMILES string of the molecule is Cc1cc(NN)nc(CN2C(=O)c3ccccc3C2=O)n1. The van der Waals surface area contributed by atoms with Crippen LogP contribution >= 0.6 is 0 Å². The molecule has 1 aliphatic heterocycles. The van der Waals surface area contributed by atoms with Gasteiger partial charge in [0.05, 0.1) is 17.7 Å². The number of amides is 2. The summed E-state index contributed by atoms with van der Waals surface area (Å²) in [4.78, 5) is 34.0. The lowest BCUT2D eigenvalue weighted by Gasteiger charge is -2.13. The van der Waals surface area contributed by atoms with Crippen molar-refractivity contribution in [3.05, 3.63) is 53.0 Å². The molecule has 0 radical (unpaired) electrons. The van der Waals surface area contributed by atoms with Crippen LogP contribution in [0.15, 0.2) is 30.3 Å². The number of imide groups is 1. The van der Waals surface area contributed by atoms with Gasteiger partial charge in [0.25, 0.3) is 11.8 Å². The first kappa shape index (κ1) is 13.2. The largest absolute Gasteiger partial charge is 0.308 e. The fourth-order valence-corrected chi connectivity index (χ4v) is 2.30. The van der Waals surface area contributed by atoms with E-state index in [0.29, 0.717) is 28.5 Å². The Morgan fingerprint density at radius 1 is 1.14 bits per heavy atom. The van der Waals surface area contributed by atoms with Crippen molar-refractivity contribution in [2.24, 2.45) is 5.84 Å². The molecule has 7 heteroatoms. The number of aryl methyl sites for hydroxylation is 1. The highest BCUT2D eigenvalue weighted by atomic mass is 16.2. The number of aromatic nitrogens is 2. The molecule has 3 rings (SSSR count). The predicted molar refractivity (Wildman–Crippen MR) is 75.2 cm³/mol. The average Bonchev–Trinajstić information content (AvgIpc) is 2.72. The fourth-order valence-electron chi connectivity index (χ4n) is 2.30. The summed E-state index contributed by atoms with van der Waals surface area (Å²) in [6.07, 6.45) is 0. The topological polar surface area (TPSA) is 101 Å². The van der Waals surface area contributed by atoms with Crippen LogP contribution in [-0.4, -0.2) is 26.7 Å². The molecule has 2 amide bonds. The third-order valence-corrected chi connectivity index (χ3v) is 3.23. The number of nitrogens with zero attached hydrogens (tertiary/aromatic N) is 3. The van der Waals surface area contributed by atoms with Gasteiger partial charge in [0.1, 0.15) is 5.82 Å². The molecule has 2 aromatic rings. The number of carbonyl (C=O) groups is 2. The zero-order chi connectivity index (χ0) is 15.0. The minimum absolute atomic E-state index is 0.0166. The lowest BCUT2D eigenvalue weighted by atomic mass is 10.1. The first-order chi connectivity index (χ1) is 10.1. The minimum Gasteiger partial charge on any atom is -0.308 e. The van der Waals surface area contributed by atoms with Gasteiger partial charge in [0, 0.05) is 11.8 Å². The van der Waals surface area contributed by atoms with Crippen molar-refractivity contribution in [2.45, 2.75) is 13.5 Å². The number of anilines is 1. The summed E-state index contributed by atoms with van der Waals surface area (Å²) in [5, 5.41) is 0. The van der Waals surface area contributed by atoms with Crippen LogP contribution in [0, 0.1) is 6.92 Å². The first-order valence-electron chi connectivity index (χ1n) is 6.36. The molecule has 7 nitrogen and oxygen atoms in total. The molecule has 0 bridgehead atoms. The molecule has 0 spiro atoms. The second kappa shape index (κ2) is 4.95. The van der Waals surface area contributed by atoms with E-state index < -0.39 is 0 Å². The summed E-state index contributed by atoms with van der Waals surface area (Å²) < 4.78 is 0. The second-order valence-electron chi connectivity index (χ2n) is 4.70. The van der Waals surface area contributed by atoms with E-state index in [4.69, 9.17) is 5.84 Å². The number of nitrogens with one attached hydrogen (secondary N) is 1. The lowest BCUT2D eigenvalue weighted by Crippen LogP contribution is -2.30. The standard InChI is InChI=1S/C14H13N5O2/c1-8-6-11(18-15)17-12(16-8)7-19-13(20)9-4-2-3-5-10(9)14(19)21/h2-6H,7,15H2,1H3,(H,16,17,18). The van der Waals surface area contributed by atoms with E-state index in [1.54, 1.807) is 37.3 Å². The number of nitrogens with two attached hydrogens (primary N) is 1. The van der Waals surface area contributed by atoms with Gasteiger partial charge in [-0.05, 0) is 19.1 Å². The predicted octanol–water partition coefficient (Wildman–Crippen LogP) is 0.867. The average molecular weight is 283 g/mol. The molecule has 0 atom stereocenters. The normalized spacial score (nSPS) is 13.5. The molecular weight excluding hydrogens is 270 g/mol. The number of hydrogen-bond acceptors (Lipinski definition) is 6. The highest BCUT2D eigenvalue weighted by Crippen LogP contribution is 2.23. The molecule has 0 unspecified atom stereocenters. The lowest BCUT2D eigenvalue weighted by molar-refractivity contribution is 0.0638. The Bertz CT molecular complexity index is 709. The molecule has 3 N–H and O–H groups in total. The summed E-state index contributed by atoms with van der Waals surface area (Å²) in [5.41, 5.74) is 3.95. The van der Waals surface area contributed by atoms with E-state index in [1.807, 2.05) is 0 Å². The number of benzene rings is 1. The van der Waals surface area contributed by atoms with Crippen molar-refractivity contribution >= 4 is 17.6 Å². The second-order valence-corrected chi connectivity index (χ2v) is 4.70. The smallest absolute Gasteiger partial charge is 0.261 e. The highest BCUT2D eigenvalue weighted by molar-refractivity contribution is 6.21. The maximum Gasteiger partial charge on any atom is 0.261 e. The Morgan fingerprint density at radius 2 is 1.76 bits per heavy atom. The van der Waals surface area contributed by atoms with Gasteiger partial charge in [-0.1, -0.05) is 12.1 Å². The highest BCUT2D eigenvalue weighted by Gasteiger charge is 2.35. The number of hydrogen-bond donors (Lipinski definition) is 2. The number of fused-ring (bicyclic) bond motifs is 1. The van der Waals surface area contributed by atoms with Gasteiger partial charge < -0.3 is 5.43 Å². The van der Waals surface area contributed by atoms with E-state index in [1.165, 1.54) is 0 Å². The van der Waals surface area contributed by atoms with Gasteiger partial charge in [0.2, 0.25) is 0 Å². The van der Waals surface area contributed by atoms with Gasteiger partial charge in [-0.25, -0.2) is 15.8 Å². The minimum atomic E-state index is -0.331. The molecule has 1 aromatic heterocycles. The van der Waals surface area contributed by atoms with Crippen LogP contribution in [0.3, 0.4) is 0 Å². The summed E-state index contributed by atoms with van der Waals surface area (Å²) in [7, 11) is 0. The molecular formula is C14H13N5O2. The first-order valence-corrected chi connectivity index (χ1v) is 6.36. The van der Waals surface area contributed by atoms with Gasteiger partial charge in [-0.15, -0.1) is 0 Å². The zero-order valence-corrected chi connectivity index (χ0v) is 11.3. The van der Waals surface area contributed by atoms with E-state index in [2.05, 4.69) is 15.4 Å². The molecule has 1 aromatic carbocycles. The molecule has 21 heavy (non-hydrogen) atoms. The molecule has 2 heterocycles. The van der Waals surface area contributed by atoms with Crippen LogP contribution < -0.4 is 11.3 Å². The summed E-state index contributed by atoms with van der Waals surface area (Å²) in [6.45, 7) is 1.80. The molecule has 0 saturated carbocycles. The quantitative estimate of drug-likeness (QED) is 0.492. The molecule has 0 fully saturated rings. The van der Waals surface area contributed by atoms with Crippen molar-refractivity contribution in [3.8, 4) is 0 Å². The van der Waals surface area contributed by atoms with Gasteiger partial charge in [-0.3, -0.25) is 14.5 Å². The summed E-state index contributed by atoms with van der Waals surface area (Å²) in [6, 6.07) is 8.41. The Labute approximate surface area is 120 Å². The van der Waals surface area contributed by atoms with Crippen LogP contribution in [-0.2, 0) is 6.54 Å². The van der Waals surface area contributed by atoms with Crippen LogP contribution in [0.5, 0.6) is 0 Å². The van der Waals surface area contributed by atoms with Crippen molar-refractivity contribution in [1.82, 2.24) is 14.9 Å². The zero-order valence-electron chi connectivity index (χ0n) is 11.3. The van der Waals surface area contributed by atoms with E-state index in [0.717, 1.165) is 4.90 Å². The third kappa shape index (κ3) is 2.23. The van der Waals surface area contributed by atoms with Gasteiger partial charge >= 0.3 is 0 Å². The van der Waals surface area contributed by atoms with E-state index in [-0.39, 0.29) is 18.4 Å². The van der Waals surface area contributed by atoms with Gasteiger partial charge in [-0.2, -0.15) is 0 Å². The molecule has 1 aliphatic rings. The Hall–Kier alpha value is -2.80. The molecule has 0 aliphatic carbocycles. The van der Waals surface area contributed by atoms with Gasteiger partial charge in [0.15, 0.2) is 5.82 Å². The van der Waals surface area contributed by atoms with Crippen molar-refractivity contribution in [1.29, 1.82) is 0 Å². The van der Waals surface area contributed by atoms with Crippen LogP contribution in [0.25, 0.3) is 0 Å². The fraction of sp³-hybridized carbons (Fsp3) is 0.143. The van der Waals surface area contributed by atoms with Crippen molar-refractivity contribution in [3.63, 3.8) is 0 Å². The maximum atomic E-state index is 12.3. The van der Waals surface area contributed by atoms with E-state index in [9.17, 15) is 9.59 Å². The van der Waals surface area contributed by atoms with Crippen LogP contribution in [0.1, 0.15) is 32.2 Å². The number of carbonyl (C=O) groups excluding carboxylic acids is 2. The monoisotopic (exact) mass is 283 g/mol. The van der Waals surface area contributed by atoms with Crippen LogP contribution in [0.2, 0.25) is 0 Å². The molecule has 106 valence electrons. The van der Waals surface area contributed by atoms with Crippen LogP contribution in [0.4, 0.5) is 5.82 Å². The van der Waals surface area contributed by atoms with E-state index >= 15 is 0 Å². The van der Waals surface area contributed by atoms with Crippen molar-refractivity contribution < 1.29 is 9.59 Å². The third-order valence-electron chi connectivity index (χ3n) is 3.23. The number of nitrogen functional groups attached to an aromatic ring is 1. The number of hydrazine groups is 1. The number of rotatable bonds is 3. The van der Waals surface area contributed by atoms with Crippen molar-refractivity contribution in [2.75, 3.05) is 5.43 Å². The maximum absolute atomic E-state index is 12.3. The Balaban J connectivity index is 1.92. The molecule has 0 saturated heterocycles. The summed E-state index contributed by atoms with van der Waals surface area (Å²) >= 11 is 0. The summed E-state index contributed by atoms with van der Waals surface area (Å²) in [5.74, 6) is 5.47. The Kier molecular flexibility index (Phi) is 3.11. The Morgan fingerprint density at radius 3 is 2.33 bits per heavy atom.